The largest absolute Gasteiger partial charge is 0.476 e. The zero-order chi connectivity index (χ0) is 14.7. The molecule has 0 bridgehead atoms. The van der Waals surface area contributed by atoms with E-state index in [2.05, 4.69) is 9.71 Å². The molecule has 0 aliphatic carbocycles. The molecular formula is C11H18N2O4S2. The molecular weight excluding hydrogens is 288 g/mol. The van der Waals surface area contributed by atoms with E-state index in [1.165, 1.54) is 16.7 Å². The summed E-state index contributed by atoms with van der Waals surface area (Å²) in [5.74, 6) is -1.02. The Bertz CT molecular complexity index is 543. The molecule has 19 heavy (non-hydrogen) atoms. The van der Waals surface area contributed by atoms with Gasteiger partial charge >= 0.3 is 5.97 Å². The Kier molecular flexibility index (Phi) is 5.05. The van der Waals surface area contributed by atoms with Crippen LogP contribution in [0.1, 0.15) is 36.3 Å². The predicted molar refractivity (Wildman–Crippen MR) is 74.0 cm³/mol. The molecule has 0 amide bonds. The first-order valence-corrected chi connectivity index (χ1v) is 8.27. The van der Waals surface area contributed by atoms with Crippen LogP contribution in [0.5, 0.6) is 0 Å². The highest BCUT2D eigenvalue weighted by molar-refractivity contribution is 7.89. The van der Waals surface area contributed by atoms with Crippen molar-refractivity contribution in [2.75, 3.05) is 12.3 Å². The Hall–Kier alpha value is -0.990. The third kappa shape index (κ3) is 6.13. The van der Waals surface area contributed by atoms with Gasteiger partial charge in [0.05, 0.1) is 10.8 Å². The van der Waals surface area contributed by atoms with Crippen LogP contribution >= 0.6 is 11.3 Å². The molecule has 0 aromatic carbocycles. The van der Waals surface area contributed by atoms with Crippen molar-refractivity contribution >= 4 is 27.3 Å². The molecule has 1 rings (SSSR count). The average molecular weight is 306 g/mol. The van der Waals surface area contributed by atoms with E-state index in [9.17, 15) is 13.2 Å². The van der Waals surface area contributed by atoms with Gasteiger partial charge < -0.3 is 5.11 Å². The van der Waals surface area contributed by atoms with Crippen LogP contribution in [-0.2, 0) is 16.4 Å². The lowest BCUT2D eigenvalue weighted by Gasteiger charge is -2.18. The topological polar surface area (TPSA) is 96.4 Å². The van der Waals surface area contributed by atoms with Crippen LogP contribution in [0.4, 0.5) is 0 Å². The number of nitrogens with zero attached hydrogens (tertiary/aromatic N) is 1. The van der Waals surface area contributed by atoms with E-state index in [0.29, 0.717) is 11.4 Å². The number of aromatic carboxylic acids is 1. The first kappa shape index (κ1) is 16.1. The van der Waals surface area contributed by atoms with E-state index in [-0.39, 0.29) is 23.4 Å². The number of carbonyl (C=O) groups is 1. The molecule has 1 aromatic rings. The highest BCUT2D eigenvalue weighted by Gasteiger charge is 2.21. The molecule has 1 heterocycles. The van der Waals surface area contributed by atoms with E-state index >= 15 is 0 Å². The molecule has 6 nitrogen and oxygen atoms in total. The fraction of sp³-hybridized carbons (Fsp3) is 0.636. The lowest BCUT2D eigenvalue weighted by atomic mass is 10.0. The summed E-state index contributed by atoms with van der Waals surface area (Å²) in [5.41, 5.74) is -0.304. The summed E-state index contributed by atoms with van der Waals surface area (Å²) in [6.07, 6.45) is 0.390. The van der Waals surface area contributed by atoms with Crippen LogP contribution in [0.3, 0.4) is 0 Å². The molecule has 8 heteroatoms. The van der Waals surface area contributed by atoms with Crippen LogP contribution in [0.15, 0.2) is 5.38 Å². The van der Waals surface area contributed by atoms with Crippen molar-refractivity contribution < 1.29 is 18.3 Å². The number of carboxylic acid groups (broad SMARTS) is 1. The maximum absolute atomic E-state index is 11.7. The Balaban J connectivity index is 2.47. The third-order valence-corrected chi connectivity index (χ3v) is 4.85. The van der Waals surface area contributed by atoms with Crippen molar-refractivity contribution in [2.24, 2.45) is 5.41 Å². The Morgan fingerprint density at radius 2 is 2.11 bits per heavy atom. The monoisotopic (exact) mass is 306 g/mol. The summed E-state index contributed by atoms with van der Waals surface area (Å²) < 4.78 is 25.9. The quantitative estimate of drug-likeness (QED) is 0.827. The number of hydrogen-bond donors (Lipinski definition) is 2. The smallest absolute Gasteiger partial charge is 0.355 e. The number of aromatic nitrogens is 1. The van der Waals surface area contributed by atoms with Gasteiger partial charge in [-0.05, 0) is 5.41 Å². The molecule has 108 valence electrons. The van der Waals surface area contributed by atoms with Gasteiger partial charge in [0, 0.05) is 18.3 Å². The van der Waals surface area contributed by atoms with E-state index in [0.717, 1.165) is 0 Å². The first-order valence-electron chi connectivity index (χ1n) is 5.74. The number of rotatable bonds is 6. The first-order chi connectivity index (χ1) is 8.59. The summed E-state index contributed by atoms with van der Waals surface area (Å²) >= 11 is 1.21. The second kappa shape index (κ2) is 5.98. The zero-order valence-electron chi connectivity index (χ0n) is 11.1. The maximum Gasteiger partial charge on any atom is 0.355 e. The van der Waals surface area contributed by atoms with Crippen molar-refractivity contribution in [3.63, 3.8) is 0 Å². The molecule has 1 aromatic heterocycles. The van der Waals surface area contributed by atoms with E-state index < -0.39 is 16.0 Å². The van der Waals surface area contributed by atoms with Gasteiger partial charge in [-0.3, -0.25) is 0 Å². The molecule has 0 aliphatic rings. The van der Waals surface area contributed by atoms with Gasteiger partial charge in [-0.1, -0.05) is 20.8 Å². The lowest BCUT2D eigenvalue weighted by Crippen LogP contribution is -2.33. The molecule has 0 radical (unpaired) electrons. The summed E-state index contributed by atoms with van der Waals surface area (Å²) in [5, 5.41) is 10.8. The summed E-state index contributed by atoms with van der Waals surface area (Å²) in [7, 11) is -3.31. The summed E-state index contributed by atoms with van der Waals surface area (Å²) in [4.78, 5) is 14.5. The normalized spacial score (nSPS) is 12.6. The fourth-order valence-corrected chi connectivity index (χ4v) is 3.89. The number of nitrogens with one attached hydrogen (secondary N) is 1. The second-order valence-electron chi connectivity index (χ2n) is 5.40. The van der Waals surface area contributed by atoms with E-state index in [1.54, 1.807) is 0 Å². The molecule has 0 saturated heterocycles. The minimum atomic E-state index is -3.31. The maximum atomic E-state index is 11.7. The second-order valence-corrected chi connectivity index (χ2v) is 8.15. The lowest BCUT2D eigenvalue weighted by molar-refractivity contribution is 0.0691. The summed E-state index contributed by atoms with van der Waals surface area (Å²) in [6, 6.07) is 0. The van der Waals surface area contributed by atoms with Crippen LogP contribution in [0.25, 0.3) is 0 Å². The number of thiazole rings is 1. The van der Waals surface area contributed by atoms with Gasteiger partial charge in [-0.15, -0.1) is 11.3 Å². The number of sulfonamides is 1. The Morgan fingerprint density at radius 3 is 2.58 bits per heavy atom. The van der Waals surface area contributed by atoms with Crippen molar-refractivity contribution in [2.45, 2.75) is 27.2 Å². The molecule has 0 fully saturated rings. The predicted octanol–water partition coefficient (Wildman–Crippen LogP) is 1.35. The molecule has 0 aliphatic heterocycles. The number of hydrogen-bond acceptors (Lipinski definition) is 5. The zero-order valence-corrected chi connectivity index (χ0v) is 12.8. The standard InChI is InChI=1S/C11H18N2O4S2/c1-11(2,3)7-19(16,17)12-5-4-9-13-8(6-18-9)10(14)15/h6,12H,4-5,7H2,1-3H3,(H,14,15). The van der Waals surface area contributed by atoms with Crippen molar-refractivity contribution in [3.8, 4) is 0 Å². The van der Waals surface area contributed by atoms with Crippen molar-refractivity contribution in [3.05, 3.63) is 16.1 Å². The van der Waals surface area contributed by atoms with Gasteiger partial charge in [-0.2, -0.15) is 0 Å². The Morgan fingerprint density at radius 1 is 1.47 bits per heavy atom. The van der Waals surface area contributed by atoms with Crippen LogP contribution in [0.2, 0.25) is 0 Å². The minimum Gasteiger partial charge on any atom is -0.476 e. The molecule has 0 unspecified atom stereocenters. The molecule has 0 spiro atoms. The summed E-state index contributed by atoms with van der Waals surface area (Å²) in [6.45, 7) is 5.79. The average Bonchev–Trinajstić information content (AvgIpc) is 2.61. The van der Waals surface area contributed by atoms with E-state index in [1.807, 2.05) is 20.8 Å². The van der Waals surface area contributed by atoms with Crippen molar-refractivity contribution in [1.82, 2.24) is 9.71 Å². The fourth-order valence-electron chi connectivity index (χ4n) is 1.46. The van der Waals surface area contributed by atoms with Gasteiger partial charge in [0.15, 0.2) is 5.69 Å². The van der Waals surface area contributed by atoms with Crippen LogP contribution < -0.4 is 4.72 Å². The molecule has 0 atom stereocenters. The highest BCUT2D eigenvalue weighted by atomic mass is 32.2. The Labute approximate surface area is 116 Å². The third-order valence-electron chi connectivity index (χ3n) is 2.05. The van der Waals surface area contributed by atoms with Gasteiger partial charge in [0.1, 0.15) is 0 Å². The van der Waals surface area contributed by atoms with Gasteiger partial charge in [0.2, 0.25) is 10.0 Å². The van der Waals surface area contributed by atoms with Crippen molar-refractivity contribution in [1.29, 1.82) is 0 Å². The number of carboxylic acids is 1. The minimum absolute atomic E-state index is 0.00227. The molecule has 2 N–H and O–H groups in total. The molecule has 0 saturated carbocycles. The van der Waals surface area contributed by atoms with Crippen LogP contribution in [-0.4, -0.2) is 36.8 Å². The SMILES string of the molecule is CC(C)(C)CS(=O)(=O)NCCc1nc(C(=O)O)cs1. The van der Waals surface area contributed by atoms with Gasteiger partial charge in [-0.25, -0.2) is 22.9 Å². The highest BCUT2D eigenvalue weighted by Crippen LogP contribution is 2.15. The van der Waals surface area contributed by atoms with Gasteiger partial charge in [0.25, 0.3) is 0 Å². The van der Waals surface area contributed by atoms with E-state index in [4.69, 9.17) is 5.11 Å². The van der Waals surface area contributed by atoms with Crippen LogP contribution in [0, 0.1) is 5.41 Å².